The number of nitrogens with zero attached hydrogens (tertiary/aromatic N) is 2. The molecule has 0 saturated carbocycles. The molecular weight excluding hydrogens is 302 g/mol. The van der Waals surface area contributed by atoms with E-state index in [0.717, 1.165) is 27.5 Å². The predicted molar refractivity (Wildman–Crippen MR) is 91.7 cm³/mol. The molecule has 3 aromatic carbocycles. The molecule has 2 N–H and O–H groups in total. The second-order valence-electron chi connectivity index (χ2n) is 5.47. The highest BCUT2D eigenvalue weighted by molar-refractivity contribution is 5.95. The van der Waals surface area contributed by atoms with Crippen molar-refractivity contribution in [3.05, 3.63) is 72.4 Å². The molecule has 0 unspecified atom stereocenters. The van der Waals surface area contributed by atoms with Crippen molar-refractivity contribution in [2.24, 2.45) is 0 Å². The number of nitrogens with one attached hydrogen (secondary N) is 1. The lowest BCUT2D eigenvalue weighted by atomic mass is 9.99. The third kappa shape index (κ3) is 2.42. The van der Waals surface area contributed by atoms with Crippen molar-refractivity contribution in [2.45, 2.75) is 0 Å². The van der Waals surface area contributed by atoms with Gasteiger partial charge in [-0.1, -0.05) is 54.6 Å². The number of hydrogen-bond acceptors (Lipinski definition) is 3. The van der Waals surface area contributed by atoms with Crippen molar-refractivity contribution < 1.29 is 9.90 Å². The highest BCUT2D eigenvalue weighted by Gasteiger charge is 2.16. The quantitative estimate of drug-likeness (QED) is 0.599. The van der Waals surface area contributed by atoms with E-state index in [2.05, 4.69) is 39.7 Å². The molecule has 0 aliphatic carbocycles. The standard InChI is InChI=1S/C19H13N3O2/c23-19(24)18-17(20-22-21-18)16-9-8-14-10-13(6-7-15(14)11-16)12-4-2-1-3-5-12/h1-11H,(H,23,24)(H,20,21,22). The molecule has 4 aromatic rings. The summed E-state index contributed by atoms with van der Waals surface area (Å²) in [5.41, 5.74) is 3.30. The summed E-state index contributed by atoms with van der Waals surface area (Å²) >= 11 is 0. The lowest BCUT2D eigenvalue weighted by molar-refractivity contribution is 0.0691. The largest absolute Gasteiger partial charge is 0.476 e. The molecule has 5 nitrogen and oxygen atoms in total. The van der Waals surface area contributed by atoms with E-state index in [-0.39, 0.29) is 5.69 Å². The molecule has 0 saturated heterocycles. The van der Waals surface area contributed by atoms with Crippen LogP contribution in [-0.4, -0.2) is 26.5 Å². The molecule has 1 heterocycles. The van der Waals surface area contributed by atoms with Gasteiger partial charge in [0.2, 0.25) is 0 Å². The summed E-state index contributed by atoms with van der Waals surface area (Å²) in [7, 11) is 0. The van der Waals surface area contributed by atoms with Gasteiger partial charge in [-0.05, 0) is 34.0 Å². The zero-order valence-corrected chi connectivity index (χ0v) is 12.6. The van der Waals surface area contributed by atoms with E-state index in [1.165, 1.54) is 0 Å². The molecule has 1 aromatic heterocycles. The van der Waals surface area contributed by atoms with E-state index in [4.69, 9.17) is 5.11 Å². The SMILES string of the molecule is O=C(O)c1n[nH]nc1-c1ccc2cc(-c3ccccc3)ccc2c1. The van der Waals surface area contributed by atoms with Gasteiger partial charge in [-0.3, -0.25) is 0 Å². The van der Waals surface area contributed by atoms with Crippen LogP contribution < -0.4 is 0 Å². The van der Waals surface area contributed by atoms with E-state index in [1.807, 2.05) is 42.5 Å². The summed E-state index contributed by atoms with van der Waals surface area (Å²) in [6.07, 6.45) is 0. The Labute approximate surface area is 137 Å². The molecular formula is C19H13N3O2. The first-order chi connectivity index (χ1) is 11.7. The van der Waals surface area contributed by atoms with Crippen molar-refractivity contribution in [2.75, 3.05) is 0 Å². The maximum absolute atomic E-state index is 11.2. The first kappa shape index (κ1) is 14.1. The highest BCUT2D eigenvalue weighted by atomic mass is 16.4. The molecule has 0 fully saturated rings. The van der Waals surface area contributed by atoms with Gasteiger partial charge in [-0.15, -0.1) is 5.10 Å². The normalized spacial score (nSPS) is 10.8. The summed E-state index contributed by atoms with van der Waals surface area (Å²) < 4.78 is 0. The van der Waals surface area contributed by atoms with Crippen LogP contribution in [0.2, 0.25) is 0 Å². The summed E-state index contributed by atoms with van der Waals surface area (Å²) in [5.74, 6) is -1.10. The van der Waals surface area contributed by atoms with Crippen LogP contribution in [0.4, 0.5) is 0 Å². The smallest absolute Gasteiger partial charge is 0.358 e. The zero-order valence-electron chi connectivity index (χ0n) is 12.6. The van der Waals surface area contributed by atoms with E-state index >= 15 is 0 Å². The van der Waals surface area contributed by atoms with Gasteiger partial charge < -0.3 is 5.11 Å². The molecule has 0 aliphatic rings. The zero-order chi connectivity index (χ0) is 16.5. The minimum atomic E-state index is -1.10. The number of benzene rings is 3. The van der Waals surface area contributed by atoms with Crippen LogP contribution in [0.25, 0.3) is 33.2 Å². The van der Waals surface area contributed by atoms with E-state index in [0.29, 0.717) is 5.69 Å². The second-order valence-corrected chi connectivity index (χ2v) is 5.47. The molecule has 0 aliphatic heterocycles. The molecule has 0 radical (unpaired) electrons. The van der Waals surface area contributed by atoms with Crippen molar-refractivity contribution >= 4 is 16.7 Å². The van der Waals surface area contributed by atoms with Gasteiger partial charge in [0.1, 0.15) is 5.69 Å². The van der Waals surface area contributed by atoms with Gasteiger partial charge >= 0.3 is 5.97 Å². The van der Waals surface area contributed by atoms with Crippen molar-refractivity contribution in [3.63, 3.8) is 0 Å². The minimum absolute atomic E-state index is 0.0738. The molecule has 0 spiro atoms. The lowest BCUT2D eigenvalue weighted by Gasteiger charge is -2.06. The number of aromatic nitrogens is 3. The first-order valence-corrected chi connectivity index (χ1v) is 7.46. The molecule has 116 valence electrons. The third-order valence-corrected chi connectivity index (χ3v) is 3.97. The van der Waals surface area contributed by atoms with Crippen LogP contribution in [0, 0.1) is 0 Å². The van der Waals surface area contributed by atoms with E-state index < -0.39 is 5.97 Å². The fraction of sp³-hybridized carbons (Fsp3) is 0. The molecule has 0 atom stereocenters. The maximum Gasteiger partial charge on any atom is 0.358 e. The highest BCUT2D eigenvalue weighted by Crippen LogP contribution is 2.28. The average molecular weight is 315 g/mol. The topological polar surface area (TPSA) is 78.9 Å². The predicted octanol–water partition coefficient (Wildman–Crippen LogP) is 3.99. The average Bonchev–Trinajstić information content (AvgIpc) is 3.12. The Kier molecular flexibility index (Phi) is 3.31. The number of carbonyl (C=O) groups is 1. The van der Waals surface area contributed by atoms with Crippen LogP contribution in [-0.2, 0) is 0 Å². The molecule has 0 bridgehead atoms. The Hall–Kier alpha value is -3.47. The molecule has 5 heteroatoms. The van der Waals surface area contributed by atoms with Crippen LogP contribution in [0.5, 0.6) is 0 Å². The summed E-state index contributed by atoms with van der Waals surface area (Å²) in [6, 6.07) is 22.1. The van der Waals surface area contributed by atoms with Gasteiger partial charge in [0.05, 0.1) is 0 Å². The monoisotopic (exact) mass is 315 g/mol. The van der Waals surface area contributed by atoms with Crippen LogP contribution >= 0.6 is 0 Å². The Morgan fingerprint density at radius 3 is 2.17 bits per heavy atom. The Balaban J connectivity index is 1.80. The number of carboxylic acids is 1. The van der Waals surface area contributed by atoms with Gasteiger partial charge in [0, 0.05) is 5.56 Å². The van der Waals surface area contributed by atoms with Crippen molar-refractivity contribution in [1.29, 1.82) is 0 Å². The number of hydrogen-bond donors (Lipinski definition) is 2. The van der Waals surface area contributed by atoms with Crippen LogP contribution in [0.1, 0.15) is 10.5 Å². The van der Waals surface area contributed by atoms with Gasteiger partial charge in [-0.2, -0.15) is 10.3 Å². The number of aromatic carboxylic acids is 1. The summed E-state index contributed by atoms with van der Waals surface area (Å²) in [5, 5.41) is 21.3. The van der Waals surface area contributed by atoms with Crippen LogP contribution in [0.15, 0.2) is 66.7 Å². The Morgan fingerprint density at radius 1 is 0.792 bits per heavy atom. The second kappa shape index (κ2) is 5.62. The maximum atomic E-state index is 11.2. The fourth-order valence-electron chi connectivity index (χ4n) is 2.78. The third-order valence-electron chi connectivity index (χ3n) is 3.97. The summed E-state index contributed by atoms with van der Waals surface area (Å²) in [4.78, 5) is 11.2. The molecule has 24 heavy (non-hydrogen) atoms. The molecule has 0 amide bonds. The van der Waals surface area contributed by atoms with E-state index in [9.17, 15) is 4.79 Å². The van der Waals surface area contributed by atoms with E-state index in [1.54, 1.807) is 0 Å². The Morgan fingerprint density at radius 2 is 1.46 bits per heavy atom. The number of fused-ring (bicyclic) bond motifs is 1. The number of H-pyrrole nitrogens is 1. The van der Waals surface area contributed by atoms with Crippen molar-refractivity contribution in [3.8, 4) is 22.4 Å². The van der Waals surface area contributed by atoms with Gasteiger partial charge in [0.25, 0.3) is 0 Å². The van der Waals surface area contributed by atoms with Crippen molar-refractivity contribution in [1.82, 2.24) is 15.4 Å². The number of aromatic amines is 1. The number of carboxylic acid groups (broad SMARTS) is 1. The molecule has 4 rings (SSSR count). The summed E-state index contributed by atoms with van der Waals surface area (Å²) in [6.45, 7) is 0. The Bertz CT molecular complexity index is 1040. The number of rotatable bonds is 3. The van der Waals surface area contributed by atoms with Gasteiger partial charge in [-0.25, -0.2) is 4.79 Å². The van der Waals surface area contributed by atoms with Crippen LogP contribution in [0.3, 0.4) is 0 Å². The first-order valence-electron chi connectivity index (χ1n) is 7.46. The minimum Gasteiger partial charge on any atom is -0.476 e. The van der Waals surface area contributed by atoms with Gasteiger partial charge in [0.15, 0.2) is 5.69 Å². The lowest BCUT2D eigenvalue weighted by Crippen LogP contribution is -1.99. The fourth-order valence-corrected chi connectivity index (χ4v) is 2.78.